The fraction of sp³-hybridized carbons (Fsp3) is 0.833. The van der Waals surface area contributed by atoms with E-state index in [0.717, 1.165) is 6.42 Å². The lowest BCUT2D eigenvalue weighted by Crippen LogP contribution is -2.13. The zero-order valence-corrected chi connectivity index (χ0v) is 9.09. The van der Waals surface area contributed by atoms with Crippen molar-refractivity contribution in [1.29, 1.82) is 0 Å². The zero-order valence-electron chi connectivity index (χ0n) is 9.09. The van der Waals surface area contributed by atoms with Crippen molar-refractivity contribution in [2.75, 3.05) is 0 Å². The van der Waals surface area contributed by atoms with Gasteiger partial charge in [0.2, 0.25) is 0 Å². The van der Waals surface area contributed by atoms with Gasteiger partial charge in [-0.3, -0.25) is 0 Å². The van der Waals surface area contributed by atoms with Crippen molar-refractivity contribution in [3.8, 4) is 12.3 Å². The minimum Gasteiger partial charge on any atom is -0.393 e. The molecule has 1 fully saturated rings. The summed E-state index contributed by atoms with van der Waals surface area (Å²) in [7, 11) is 0. The lowest BCUT2D eigenvalue weighted by Gasteiger charge is -2.10. The molecule has 0 aliphatic heterocycles. The Morgan fingerprint density at radius 1 is 1.31 bits per heavy atom. The number of terminal acetylenes is 1. The Morgan fingerprint density at radius 3 is 2.08 bits per heavy atom. The van der Waals surface area contributed by atoms with Gasteiger partial charge in [-0.25, -0.2) is 0 Å². The molecule has 1 nitrogen and oxygen atoms in total. The molecule has 74 valence electrons. The normalized spacial score (nSPS) is 26.5. The van der Waals surface area contributed by atoms with Crippen molar-refractivity contribution in [1.82, 2.24) is 0 Å². The van der Waals surface area contributed by atoms with Gasteiger partial charge in [-0.15, -0.1) is 12.3 Å². The monoisotopic (exact) mass is 180 g/mol. The third-order valence-corrected chi connectivity index (χ3v) is 4.10. The highest BCUT2D eigenvalue weighted by atomic mass is 16.3. The van der Waals surface area contributed by atoms with E-state index in [4.69, 9.17) is 6.42 Å². The lowest BCUT2D eigenvalue weighted by atomic mass is 10.0. The van der Waals surface area contributed by atoms with Crippen molar-refractivity contribution in [2.24, 2.45) is 16.7 Å². The summed E-state index contributed by atoms with van der Waals surface area (Å²) in [6, 6.07) is 0. The maximum Gasteiger partial charge on any atom is 0.0588 e. The van der Waals surface area contributed by atoms with Crippen LogP contribution in [0, 0.1) is 29.1 Å². The van der Waals surface area contributed by atoms with E-state index in [-0.39, 0.29) is 16.9 Å². The van der Waals surface area contributed by atoms with Crippen molar-refractivity contribution in [3.63, 3.8) is 0 Å². The molecule has 0 spiro atoms. The van der Waals surface area contributed by atoms with Crippen molar-refractivity contribution in [2.45, 2.75) is 46.6 Å². The van der Waals surface area contributed by atoms with Crippen LogP contribution in [0.3, 0.4) is 0 Å². The van der Waals surface area contributed by atoms with Gasteiger partial charge in [0.25, 0.3) is 0 Å². The molecular weight excluding hydrogens is 160 g/mol. The molecule has 1 N–H and O–H groups in total. The molecule has 1 saturated carbocycles. The molecule has 0 aromatic rings. The van der Waals surface area contributed by atoms with Crippen LogP contribution in [0.15, 0.2) is 0 Å². The summed E-state index contributed by atoms with van der Waals surface area (Å²) in [5, 5.41) is 9.90. The van der Waals surface area contributed by atoms with Crippen LogP contribution in [-0.2, 0) is 0 Å². The quantitative estimate of drug-likeness (QED) is 0.661. The summed E-state index contributed by atoms with van der Waals surface area (Å²) in [5.74, 6) is 2.99. The third kappa shape index (κ3) is 1.48. The van der Waals surface area contributed by atoms with E-state index in [0.29, 0.717) is 12.3 Å². The van der Waals surface area contributed by atoms with Crippen LogP contribution >= 0.6 is 0 Å². The second kappa shape index (κ2) is 3.03. The topological polar surface area (TPSA) is 20.2 Å². The molecule has 0 bridgehead atoms. The second-order valence-corrected chi connectivity index (χ2v) is 5.23. The van der Waals surface area contributed by atoms with Gasteiger partial charge in [-0.2, -0.15) is 0 Å². The molecule has 0 radical (unpaired) electrons. The summed E-state index contributed by atoms with van der Waals surface area (Å²) in [6.07, 6.45) is 6.38. The molecule has 0 amide bonds. The minimum atomic E-state index is -0.221. The van der Waals surface area contributed by atoms with Gasteiger partial charge in [0.1, 0.15) is 0 Å². The molecule has 1 aliphatic rings. The molecule has 0 aromatic carbocycles. The third-order valence-electron chi connectivity index (χ3n) is 4.10. The van der Waals surface area contributed by atoms with Crippen LogP contribution in [0.25, 0.3) is 0 Å². The highest BCUT2D eigenvalue weighted by molar-refractivity contribution is 5.14. The molecule has 0 saturated heterocycles. The maximum atomic E-state index is 9.90. The van der Waals surface area contributed by atoms with Crippen LogP contribution in [0.5, 0.6) is 0 Å². The molecule has 1 atom stereocenters. The van der Waals surface area contributed by atoms with Gasteiger partial charge >= 0.3 is 0 Å². The highest BCUT2D eigenvalue weighted by Crippen LogP contribution is 2.69. The van der Waals surface area contributed by atoms with E-state index in [9.17, 15) is 5.11 Å². The van der Waals surface area contributed by atoms with E-state index in [1.165, 1.54) is 0 Å². The van der Waals surface area contributed by atoms with Crippen LogP contribution in [-0.4, -0.2) is 11.2 Å². The van der Waals surface area contributed by atoms with Gasteiger partial charge in [0.15, 0.2) is 0 Å². The Kier molecular flexibility index (Phi) is 2.47. The predicted octanol–water partition coefficient (Wildman–Crippen LogP) is 2.44. The van der Waals surface area contributed by atoms with E-state index >= 15 is 0 Å². The predicted molar refractivity (Wildman–Crippen MR) is 55.1 cm³/mol. The standard InChI is InChI=1S/C12H20O/c1-6-7-8-9(13)10-11(2,3)12(10,4)5/h1,9-10,13H,7-8H2,2-5H3. The van der Waals surface area contributed by atoms with Gasteiger partial charge in [-0.1, -0.05) is 27.7 Å². The molecule has 1 unspecified atom stereocenters. The summed E-state index contributed by atoms with van der Waals surface area (Å²) < 4.78 is 0. The van der Waals surface area contributed by atoms with Crippen LogP contribution < -0.4 is 0 Å². The van der Waals surface area contributed by atoms with Gasteiger partial charge in [0.05, 0.1) is 6.10 Å². The van der Waals surface area contributed by atoms with Crippen molar-refractivity contribution >= 4 is 0 Å². The van der Waals surface area contributed by atoms with Gasteiger partial charge in [-0.05, 0) is 23.2 Å². The summed E-state index contributed by atoms with van der Waals surface area (Å²) in [4.78, 5) is 0. The molecule has 1 rings (SSSR count). The first-order chi connectivity index (χ1) is 5.85. The average Bonchev–Trinajstić information content (AvgIpc) is 2.39. The second-order valence-electron chi connectivity index (χ2n) is 5.23. The van der Waals surface area contributed by atoms with Crippen LogP contribution in [0.4, 0.5) is 0 Å². The molecule has 0 aromatic heterocycles. The molecule has 0 heterocycles. The Hall–Kier alpha value is -0.480. The van der Waals surface area contributed by atoms with E-state index in [1.807, 2.05) is 0 Å². The Labute approximate surface area is 81.5 Å². The highest BCUT2D eigenvalue weighted by Gasteiger charge is 2.66. The average molecular weight is 180 g/mol. The van der Waals surface area contributed by atoms with Crippen molar-refractivity contribution < 1.29 is 5.11 Å². The van der Waals surface area contributed by atoms with Crippen LogP contribution in [0.1, 0.15) is 40.5 Å². The summed E-state index contributed by atoms with van der Waals surface area (Å²) in [5.41, 5.74) is 0.530. The first-order valence-corrected chi connectivity index (χ1v) is 4.97. The smallest absolute Gasteiger partial charge is 0.0588 e. The number of hydrogen-bond acceptors (Lipinski definition) is 1. The van der Waals surface area contributed by atoms with E-state index < -0.39 is 0 Å². The summed E-state index contributed by atoms with van der Waals surface area (Å²) >= 11 is 0. The molecule has 1 aliphatic carbocycles. The largest absolute Gasteiger partial charge is 0.393 e. The molecule has 13 heavy (non-hydrogen) atoms. The SMILES string of the molecule is C#CCCC(O)C1C(C)(C)C1(C)C. The summed E-state index contributed by atoms with van der Waals surface area (Å²) in [6.45, 7) is 8.88. The lowest BCUT2D eigenvalue weighted by molar-refractivity contribution is 0.121. The Balaban J connectivity index is 2.53. The Morgan fingerprint density at radius 2 is 1.77 bits per heavy atom. The number of rotatable bonds is 3. The minimum absolute atomic E-state index is 0.221. The van der Waals surface area contributed by atoms with E-state index in [1.54, 1.807) is 0 Å². The number of aliphatic hydroxyl groups is 1. The van der Waals surface area contributed by atoms with Gasteiger partial charge in [0, 0.05) is 6.42 Å². The molecular formula is C12H20O. The fourth-order valence-corrected chi connectivity index (χ4v) is 2.61. The number of aliphatic hydroxyl groups excluding tert-OH is 1. The van der Waals surface area contributed by atoms with Crippen molar-refractivity contribution in [3.05, 3.63) is 0 Å². The molecule has 1 heteroatoms. The number of hydrogen-bond donors (Lipinski definition) is 1. The maximum absolute atomic E-state index is 9.90. The first-order valence-electron chi connectivity index (χ1n) is 4.97. The zero-order chi connectivity index (χ0) is 10.3. The van der Waals surface area contributed by atoms with Gasteiger partial charge < -0.3 is 5.11 Å². The first kappa shape index (κ1) is 10.6. The van der Waals surface area contributed by atoms with E-state index in [2.05, 4.69) is 33.6 Å². The fourth-order valence-electron chi connectivity index (χ4n) is 2.61. The Bertz CT molecular complexity index is 218. The van der Waals surface area contributed by atoms with Crippen LogP contribution in [0.2, 0.25) is 0 Å².